The number of rotatable bonds is 9. The number of piperidine rings is 1. The van der Waals surface area contributed by atoms with Crippen LogP contribution in [-0.4, -0.2) is 48.3 Å². The molecule has 0 aliphatic carbocycles. The first-order valence-electron chi connectivity index (χ1n) is 12.3. The molecule has 5 nitrogen and oxygen atoms in total. The summed E-state index contributed by atoms with van der Waals surface area (Å²) in [5, 5.41) is 0.895. The summed E-state index contributed by atoms with van der Waals surface area (Å²) in [4.78, 5) is 15.4. The maximum atomic E-state index is 12.9. The monoisotopic (exact) mass is 448 g/mol. The number of aryl methyl sites for hydroxylation is 1. The van der Waals surface area contributed by atoms with E-state index < -0.39 is 0 Å². The Kier molecular flexibility index (Phi) is 7.71. The van der Waals surface area contributed by atoms with Crippen LogP contribution >= 0.6 is 0 Å². The van der Waals surface area contributed by atoms with E-state index in [1.165, 1.54) is 43.5 Å². The average molecular weight is 449 g/mol. The molecule has 3 aromatic rings. The molecule has 0 N–H and O–H groups in total. The van der Waals surface area contributed by atoms with E-state index in [0.717, 1.165) is 35.3 Å². The number of carbonyl (C=O) groups excluding carboxylic acids is 1. The lowest BCUT2D eigenvalue weighted by atomic mass is 10.1. The summed E-state index contributed by atoms with van der Waals surface area (Å²) in [5.74, 6) is 0.532. The number of ether oxygens (including phenoxy) is 2. The molecule has 1 aliphatic heterocycles. The highest BCUT2D eigenvalue weighted by molar-refractivity contribution is 6.06. The summed E-state index contributed by atoms with van der Waals surface area (Å²) >= 11 is 0. The van der Waals surface area contributed by atoms with Gasteiger partial charge in [-0.25, -0.2) is 4.79 Å². The van der Waals surface area contributed by atoms with Gasteiger partial charge in [0.15, 0.2) is 0 Å². The smallest absolute Gasteiger partial charge is 0.340 e. The summed E-state index contributed by atoms with van der Waals surface area (Å²) in [6, 6.07) is 14.6. The first kappa shape index (κ1) is 23.4. The minimum atomic E-state index is -0.273. The summed E-state index contributed by atoms with van der Waals surface area (Å²) in [6.07, 6.45) is 5.00. The molecule has 1 aromatic heterocycles. The standard InChI is InChI=1S/C28H36N2O3/c1-4-32-28(31)27-22(3)30(20-23-11-8-10-21(2)18-23)26-13-12-24(19-25(26)27)33-17-9-16-29-14-6-5-7-15-29/h8,10-13,18-19H,4-7,9,14-17,20H2,1-3H3. The summed E-state index contributed by atoms with van der Waals surface area (Å²) < 4.78 is 13.7. The molecule has 176 valence electrons. The molecule has 5 heteroatoms. The molecule has 0 amide bonds. The largest absolute Gasteiger partial charge is 0.494 e. The van der Waals surface area contributed by atoms with Gasteiger partial charge in [0.05, 0.1) is 18.8 Å². The van der Waals surface area contributed by atoms with Crippen LogP contribution in [-0.2, 0) is 11.3 Å². The van der Waals surface area contributed by atoms with Crippen LogP contribution in [0.3, 0.4) is 0 Å². The maximum absolute atomic E-state index is 12.9. The summed E-state index contributed by atoms with van der Waals surface area (Å²) in [7, 11) is 0. The van der Waals surface area contributed by atoms with Gasteiger partial charge in [-0.15, -0.1) is 0 Å². The van der Waals surface area contributed by atoms with Gasteiger partial charge in [-0.05, 0) is 76.9 Å². The van der Waals surface area contributed by atoms with Gasteiger partial charge in [-0.3, -0.25) is 0 Å². The van der Waals surface area contributed by atoms with Crippen LogP contribution in [0.2, 0.25) is 0 Å². The predicted molar refractivity (Wildman–Crippen MR) is 133 cm³/mol. The van der Waals surface area contributed by atoms with E-state index in [0.29, 0.717) is 25.3 Å². The molecule has 0 spiro atoms. The van der Waals surface area contributed by atoms with Crippen molar-refractivity contribution >= 4 is 16.9 Å². The number of fused-ring (bicyclic) bond motifs is 1. The summed E-state index contributed by atoms with van der Waals surface area (Å²) in [5.41, 5.74) is 5.03. The molecule has 0 unspecified atom stereocenters. The topological polar surface area (TPSA) is 43.7 Å². The van der Waals surface area contributed by atoms with Crippen molar-refractivity contribution in [3.8, 4) is 5.75 Å². The fraction of sp³-hybridized carbons (Fsp3) is 0.464. The minimum absolute atomic E-state index is 0.273. The molecule has 0 saturated carbocycles. The van der Waals surface area contributed by atoms with Crippen LogP contribution in [0.25, 0.3) is 10.9 Å². The van der Waals surface area contributed by atoms with Crippen molar-refractivity contribution in [3.63, 3.8) is 0 Å². The van der Waals surface area contributed by atoms with Gasteiger partial charge in [0, 0.05) is 29.7 Å². The van der Waals surface area contributed by atoms with Crippen molar-refractivity contribution in [2.45, 2.75) is 53.0 Å². The molecule has 4 rings (SSSR count). The Balaban J connectivity index is 1.56. The van der Waals surface area contributed by atoms with Crippen molar-refractivity contribution in [1.82, 2.24) is 9.47 Å². The van der Waals surface area contributed by atoms with E-state index in [9.17, 15) is 4.79 Å². The Hall–Kier alpha value is -2.79. The molecule has 0 atom stereocenters. The third kappa shape index (κ3) is 5.59. The van der Waals surface area contributed by atoms with Gasteiger partial charge in [-0.1, -0.05) is 36.2 Å². The zero-order valence-corrected chi connectivity index (χ0v) is 20.2. The van der Waals surface area contributed by atoms with Crippen LogP contribution in [0.4, 0.5) is 0 Å². The Labute approximate surface area is 197 Å². The van der Waals surface area contributed by atoms with Gasteiger partial charge in [0.1, 0.15) is 5.75 Å². The minimum Gasteiger partial charge on any atom is -0.494 e. The van der Waals surface area contributed by atoms with E-state index >= 15 is 0 Å². The Morgan fingerprint density at radius 2 is 1.85 bits per heavy atom. The second kappa shape index (κ2) is 10.9. The molecule has 1 saturated heterocycles. The SMILES string of the molecule is CCOC(=O)c1c(C)n(Cc2cccc(C)c2)c2ccc(OCCCN3CCCCC3)cc12. The van der Waals surface area contributed by atoms with Crippen molar-refractivity contribution in [3.05, 3.63) is 64.8 Å². The van der Waals surface area contributed by atoms with Gasteiger partial charge < -0.3 is 18.9 Å². The highest BCUT2D eigenvalue weighted by atomic mass is 16.5. The lowest BCUT2D eigenvalue weighted by Crippen LogP contribution is -2.31. The average Bonchev–Trinajstić information content (AvgIpc) is 3.08. The number of nitrogens with zero attached hydrogens (tertiary/aromatic N) is 2. The number of aromatic nitrogens is 1. The maximum Gasteiger partial charge on any atom is 0.340 e. The fourth-order valence-corrected chi connectivity index (χ4v) is 4.87. The molecule has 1 aliphatic rings. The van der Waals surface area contributed by atoms with Crippen LogP contribution in [0.5, 0.6) is 5.75 Å². The highest BCUT2D eigenvalue weighted by Crippen LogP contribution is 2.31. The quantitative estimate of drug-likeness (QED) is 0.309. The second-order valence-electron chi connectivity index (χ2n) is 9.04. The van der Waals surface area contributed by atoms with Crippen LogP contribution < -0.4 is 4.74 Å². The van der Waals surface area contributed by atoms with E-state index in [4.69, 9.17) is 9.47 Å². The van der Waals surface area contributed by atoms with Gasteiger partial charge in [0.2, 0.25) is 0 Å². The van der Waals surface area contributed by atoms with Crippen LogP contribution in [0, 0.1) is 13.8 Å². The number of carbonyl (C=O) groups is 1. The van der Waals surface area contributed by atoms with Gasteiger partial charge >= 0.3 is 5.97 Å². The van der Waals surface area contributed by atoms with Crippen molar-refractivity contribution in [1.29, 1.82) is 0 Å². The summed E-state index contributed by atoms with van der Waals surface area (Å²) in [6.45, 7) is 11.2. The Morgan fingerprint density at radius 3 is 2.61 bits per heavy atom. The predicted octanol–water partition coefficient (Wildman–Crippen LogP) is 5.74. The lowest BCUT2D eigenvalue weighted by Gasteiger charge is -2.26. The number of esters is 1. The molecule has 33 heavy (non-hydrogen) atoms. The zero-order valence-electron chi connectivity index (χ0n) is 20.2. The molecule has 0 bridgehead atoms. The van der Waals surface area contributed by atoms with Crippen LogP contribution in [0.1, 0.15) is 59.8 Å². The molecule has 2 aromatic carbocycles. The Bertz CT molecular complexity index is 1100. The zero-order chi connectivity index (χ0) is 23.2. The number of benzene rings is 2. The lowest BCUT2D eigenvalue weighted by molar-refractivity contribution is 0.0527. The molecule has 2 heterocycles. The third-order valence-corrected chi connectivity index (χ3v) is 6.53. The first-order chi connectivity index (χ1) is 16.1. The van der Waals surface area contributed by atoms with E-state index in [-0.39, 0.29) is 5.97 Å². The van der Waals surface area contributed by atoms with Crippen molar-refractivity contribution in [2.24, 2.45) is 0 Å². The number of hydrogen-bond donors (Lipinski definition) is 0. The normalized spacial score (nSPS) is 14.5. The highest BCUT2D eigenvalue weighted by Gasteiger charge is 2.22. The fourth-order valence-electron chi connectivity index (χ4n) is 4.87. The second-order valence-corrected chi connectivity index (χ2v) is 9.04. The molecular formula is C28H36N2O3. The van der Waals surface area contributed by atoms with Gasteiger partial charge in [0.25, 0.3) is 0 Å². The Morgan fingerprint density at radius 1 is 1.03 bits per heavy atom. The van der Waals surface area contributed by atoms with Crippen molar-refractivity contribution < 1.29 is 14.3 Å². The third-order valence-electron chi connectivity index (χ3n) is 6.53. The molecule has 1 fully saturated rings. The van der Waals surface area contributed by atoms with Gasteiger partial charge in [-0.2, -0.15) is 0 Å². The van der Waals surface area contributed by atoms with Crippen LogP contribution in [0.15, 0.2) is 42.5 Å². The number of hydrogen-bond acceptors (Lipinski definition) is 4. The molecular weight excluding hydrogens is 412 g/mol. The molecule has 0 radical (unpaired) electrons. The van der Waals surface area contributed by atoms with E-state index in [1.54, 1.807) is 0 Å². The van der Waals surface area contributed by atoms with E-state index in [2.05, 4.69) is 46.7 Å². The van der Waals surface area contributed by atoms with E-state index in [1.807, 2.05) is 26.0 Å². The first-order valence-corrected chi connectivity index (χ1v) is 12.3. The number of likely N-dealkylation sites (tertiary alicyclic amines) is 1. The van der Waals surface area contributed by atoms with Crippen molar-refractivity contribution in [2.75, 3.05) is 32.8 Å².